The van der Waals surface area contributed by atoms with Gasteiger partial charge in [0, 0.05) is 17.0 Å². The highest BCUT2D eigenvalue weighted by Crippen LogP contribution is 2.39. The van der Waals surface area contributed by atoms with Crippen LogP contribution in [0, 0.1) is 6.92 Å². The second-order valence-electron chi connectivity index (χ2n) is 6.30. The number of hydrogen-bond acceptors (Lipinski definition) is 3. The topological polar surface area (TPSA) is 58.2 Å². The van der Waals surface area contributed by atoms with Gasteiger partial charge in [0.25, 0.3) is 11.8 Å². The van der Waals surface area contributed by atoms with Crippen LogP contribution in [0.2, 0.25) is 0 Å². The first-order valence-electron chi connectivity index (χ1n) is 8.76. The zero-order chi connectivity index (χ0) is 18.5. The lowest BCUT2D eigenvalue weighted by Crippen LogP contribution is -2.25. The van der Waals surface area contributed by atoms with E-state index in [1.807, 2.05) is 43.3 Å². The lowest BCUT2D eigenvalue weighted by atomic mass is 10.1. The Labute approximate surface area is 158 Å². The van der Waals surface area contributed by atoms with Crippen LogP contribution in [-0.2, 0) is 4.79 Å². The molecule has 2 amide bonds. The molecule has 0 aromatic heterocycles. The molecule has 0 spiro atoms. The number of carbonyl (C=O) groups excluding carboxylic acids is 2. The molecule has 2 aromatic rings. The summed E-state index contributed by atoms with van der Waals surface area (Å²) in [5.41, 5.74) is 3.42. The van der Waals surface area contributed by atoms with Crippen molar-refractivity contribution in [2.45, 2.75) is 31.6 Å². The lowest BCUT2D eigenvalue weighted by Gasteiger charge is -2.19. The monoisotopic (exact) mass is 366 g/mol. The zero-order valence-corrected chi connectivity index (χ0v) is 15.8. The molecule has 0 saturated heterocycles. The van der Waals surface area contributed by atoms with Gasteiger partial charge in [0.15, 0.2) is 0 Å². The van der Waals surface area contributed by atoms with E-state index >= 15 is 0 Å². The summed E-state index contributed by atoms with van der Waals surface area (Å²) in [7, 11) is 0. The predicted molar refractivity (Wildman–Crippen MR) is 107 cm³/mol. The molecular formula is C21H22N2O2S. The summed E-state index contributed by atoms with van der Waals surface area (Å²) in [5, 5.41) is 5.79. The van der Waals surface area contributed by atoms with E-state index in [9.17, 15) is 9.59 Å². The van der Waals surface area contributed by atoms with Gasteiger partial charge in [0.2, 0.25) is 0 Å². The molecule has 0 radical (unpaired) electrons. The molecule has 134 valence electrons. The van der Waals surface area contributed by atoms with Crippen LogP contribution >= 0.6 is 11.8 Å². The lowest BCUT2D eigenvalue weighted by molar-refractivity contribution is -0.112. The van der Waals surface area contributed by atoms with Crippen molar-refractivity contribution in [1.82, 2.24) is 5.32 Å². The van der Waals surface area contributed by atoms with Crippen LogP contribution in [0.5, 0.6) is 0 Å². The third-order valence-corrected chi connectivity index (χ3v) is 5.22. The summed E-state index contributed by atoms with van der Waals surface area (Å²) in [4.78, 5) is 26.2. The van der Waals surface area contributed by atoms with Crippen molar-refractivity contribution in [3.8, 4) is 0 Å². The molecule has 0 fully saturated rings. The second-order valence-corrected chi connectivity index (χ2v) is 7.38. The zero-order valence-electron chi connectivity index (χ0n) is 15.0. The number of unbranched alkanes of at least 4 members (excludes halogenated alkanes) is 1. The van der Waals surface area contributed by atoms with Crippen molar-refractivity contribution in [3.63, 3.8) is 0 Å². The number of thioether (sulfide) groups is 1. The molecule has 5 heteroatoms. The third kappa shape index (κ3) is 4.35. The van der Waals surface area contributed by atoms with E-state index in [2.05, 4.69) is 17.6 Å². The normalized spacial score (nSPS) is 14.7. The Balaban J connectivity index is 1.77. The van der Waals surface area contributed by atoms with Crippen LogP contribution in [0.15, 0.2) is 52.3 Å². The van der Waals surface area contributed by atoms with Crippen molar-refractivity contribution >= 4 is 35.3 Å². The minimum Gasteiger partial charge on any atom is -0.352 e. The summed E-state index contributed by atoms with van der Waals surface area (Å²) in [6.45, 7) is 4.78. The number of fused-ring (bicyclic) bond motifs is 1. The Kier molecular flexibility index (Phi) is 5.78. The summed E-state index contributed by atoms with van der Waals surface area (Å²) in [6, 6.07) is 13.5. The van der Waals surface area contributed by atoms with E-state index < -0.39 is 0 Å². The third-order valence-electron chi connectivity index (χ3n) is 4.12. The number of amides is 2. The fourth-order valence-corrected chi connectivity index (χ4v) is 3.53. The van der Waals surface area contributed by atoms with E-state index in [0.29, 0.717) is 22.7 Å². The number of nitrogens with one attached hydrogen (secondary N) is 2. The average Bonchev–Trinajstić information content (AvgIpc) is 2.64. The van der Waals surface area contributed by atoms with Gasteiger partial charge in [0.05, 0.1) is 10.6 Å². The minimum atomic E-state index is -0.147. The molecule has 3 rings (SSSR count). The minimum absolute atomic E-state index is 0.110. The van der Waals surface area contributed by atoms with Crippen LogP contribution < -0.4 is 10.6 Å². The van der Waals surface area contributed by atoms with Gasteiger partial charge >= 0.3 is 0 Å². The van der Waals surface area contributed by atoms with Crippen molar-refractivity contribution in [1.29, 1.82) is 0 Å². The molecule has 0 bridgehead atoms. The highest BCUT2D eigenvalue weighted by molar-refractivity contribution is 8.04. The van der Waals surface area contributed by atoms with Crippen molar-refractivity contribution in [3.05, 3.63) is 64.1 Å². The summed E-state index contributed by atoms with van der Waals surface area (Å²) < 4.78 is 0. The standard InChI is InChI=1S/C21H22N2O2S/c1-3-4-11-22-20(24)16-9-10-18-17(13-16)23-21(25)19(26-18)12-15-7-5-14(2)6-8-15/h5-10,12-13H,3-4,11H2,1-2H3,(H,22,24)(H,23,25)/b19-12+. The first-order chi connectivity index (χ1) is 12.6. The Hall–Kier alpha value is -2.53. The first kappa shape index (κ1) is 18.3. The van der Waals surface area contributed by atoms with Gasteiger partial charge in [-0.15, -0.1) is 0 Å². The molecule has 4 nitrogen and oxygen atoms in total. The average molecular weight is 366 g/mol. The summed E-state index contributed by atoms with van der Waals surface area (Å²) in [6.07, 6.45) is 3.87. The highest BCUT2D eigenvalue weighted by Gasteiger charge is 2.22. The first-order valence-corrected chi connectivity index (χ1v) is 9.58. The van der Waals surface area contributed by atoms with E-state index in [0.717, 1.165) is 23.3 Å². The Morgan fingerprint density at radius 2 is 1.96 bits per heavy atom. The maximum absolute atomic E-state index is 12.4. The Morgan fingerprint density at radius 3 is 2.69 bits per heavy atom. The number of carbonyl (C=O) groups is 2. The van der Waals surface area contributed by atoms with E-state index in [1.54, 1.807) is 12.1 Å². The summed E-state index contributed by atoms with van der Waals surface area (Å²) in [5.74, 6) is -0.256. The molecular weight excluding hydrogens is 344 g/mol. The fraction of sp³-hybridized carbons (Fsp3) is 0.238. The molecule has 1 aliphatic heterocycles. The van der Waals surface area contributed by atoms with Gasteiger partial charge in [0.1, 0.15) is 0 Å². The number of hydrogen-bond donors (Lipinski definition) is 2. The van der Waals surface area contributed by atoms with Gasteiger partial charge < -0.3 is 10.6 Å². The van der Waals surface area contributed by atoms with E-state index in [1.165, 1.54) is 17.3 Å². The van der Waals surface area contributed by atoms with Crippen LogP contribution in [0.4, 0.5) is 5.69 Å². The number of anilines is 1. The molecule has 0 aliphatic carbocycles. The van der Waals surface area contributed by atoms with Gasteiger partial charge in [-0.25, -0.2) is 0 Å². The Morgan fingerprint density at radius 1 is 1.19 bits per heavy atom. The quantitative estimate of drug-likeness (QED) is 0.600. The SMILES string of the molecule is CCCCNC(=O)c1ccc2c(c1)NC(=O)/C(=C\c1ccc(C)cc1)S2. The highest BCUT2D eigenvalue weighted by atomic mass is 32.2. The largest absolute Gasteiger partial charge is 0.352 e. The van der Waals surface area contributed by atoms with Gasteiger partial charge in [-0.1, -0.05) is 54.9 Å². The summed E-state index contributed by atoms with van der Waals surface area (Å²) >= 11 is 1.42. The van der Waals surface area contributed by atoms with E-state index in [4.69, 9.17) is 0 Å². The number of aryl methyl sites for hydroxylation is 1. The van der Waals surface area contributed by atoms with Crippen LogP contribution in [0.1, 0.15) is 41.3 Å². The molecule has 26 heavy (non-hydrogen) atoms. The molecule has 0 atom stereocenters. The van der Waals surface area contributed by atoms with Crippen molar-refractivity contribution < 1.29 is 9.59 Å². The smallest absolute Gasteiger partial charge is 0.262 e. The van der Waals surface area contributed by atoms with Gasteiger partial charge in [-0.05, 0) is 43.2 Å². The molecule has 2 aromatic carbocycles. The van der Waals surface area contributed by atoms with E-state index in [-0.39, 0.29) is 11.8 Å². The van der Waals surface area contributed by atoms with Crippen LogP contribution in [-0.4, -0.2) is 18.4 Å². The molecule has 1 aliphatic rings. The van der Waals surface area contributed by atoms with Gasteiger partial charge in [-0.2, -0.15) is 0 Å². The Bertz CT molecular complexity index is 857. The molecule has 0 unspecified atom stereocenters. The molecule has 1 heterocycles. The molecule has 0 saturated carbocycles. The maximum atomic E-state index is 12.4. The van der Waals surface area contributed by atoms with Gasteiger partial charge in [-0.3, -0.25) is 9.59 Å². The number of benzene rings is 2. The predicted octanol–water partition coefficient (Wildman–Crippen LogP) is 4.61. The fourth-order valence-electron chi connectivity index (χ4n) is 2.60. The number of rotatable bonds is 5. The van der Waals surface area contributed by atoms with Crippen LogP contribution in [0.3, 0.4) is 0 Å². The van der Waals surface area contributed by atoms with Crippen molar-refractivity contribution in [2.24, 2.45) is 0 Å². The molecule has 2 N–H and O–H groups in total. The van der Waals surface area contributed by atoms with Crippen LogP contribution in [0.25, 0.3) is 6.08 Å². The maximum Gasteiger partial charge on any atom is 0.262 e. The van der Waals surface area contributed by atoms with Crippen molar-refractivity contribution in [2.75, 3.05) is 11.9 Å². The second kappa shape index (κ2) is 8.23.